The van der Waals surface area contributed by atoms with Gasteiger partial charge in [-0.15, -0.1) is 0 Å². The minimum Gasteiger partial charge on any atom is -0.458 e. The van der Waals surface area contributed by atoms with Crippen molar-refractivity contribution >= 4 is 21.5 Å². The molecule has 0 amide bonds. The van der Waals surface area contributed by atoms with Gasteiger partial charge in [0.05, 0.1) is 33.7 Å². The number of hydrogen-bond donors (Lipinski definition) is 2. The number of nitrogens with zero attached hydrogens (tertiary/aromatic N) is 2. The first-order valence-corrected chi connectivity index (χ1v) is 12.3. The molecule has 0 saturated heterocycles. The van der Waals surface area contributed by atoms with E-state index in [0.717, 1.165) is 35.4 Å². The monoisotopic (exact) mass is 521 g/mol. The third-order valence-electron chi connectivity index (χ3n) is 5.46. The predicted molar refractivity (Wildman–Crippen MR) is 124 cm³/mol. The number of alkyl halides is 3. The molecule has 0 radical (unpaired) electrons. The number of nitrogens with one attached hydrogen (secondary N) is 1. The summed E-state index contributed by atoms with van der Waals surface area (Å²) in [5.74, 6) is -0.905. The molecule has 2 atom stereocenters. The van der Waals surface area contributed by atoms with E-state index in [-0.39, 0.29) is 39.6 Å². The Kier molecular flexibility index (Phi) is 7.59. The minimum absolute atomic E-state index is 0.0310. The topological polar surface area (TPSA) is 120 Å². The number of allylic oxidation sites excluding steroid dienone is 1. The third-order valence-corrected chi connectivity index (χ3v) is 6.61. The first-order chi connectivity index (χ1) is 16.8. The van der Waals surface area contributed by atoms with Gasteiger partial charge in [-0.05, 0) is 42.8 Å². The van der Waals surface area contributed by atoms with E-state index in [1.54, 1.807) is 0 Å². The summed E-state index contributed by atoms with van der Waals surface area (Å²) in [4.78, 5) is 13.9. The summed E-state index contributed by atoms with van der Waals surface area (Å²) in [6.45, 7) is 4.67. The van der Waals surface area contributed by atoms with E-state index in [1.807, 2.05) is 6.07 Å². The maximum absolute atomic E-state index is 13.3. The lowest BCUT2D eigenvalue weighted by atomic mass is 9.93. The number of ether oxygens (including phenoxy) is 1. The van der Waals surface area contributed by atoms with Crippen LogP contribution in [0.2, 0.25) is 0 Å². The summed E-state index contributed by atoms with van der Waals surface area (Å²) in [5.41, 5.74) is -1.05. The van der Waals surface area contributed by atoms with Crippen molar-refractivity contribution in [2.45, 2.75) is 30.4 Å². The lowest BCUT2D eigenvalue weighted by molar-refractivity contribution is -0.139. The van der Waals surface area contributed by atoms with Gasteiger partial charge in [-0.25, -0.2) is 13.2 Å². The zero-order valence-corrected chi connectivity index (χ0v) is 20.0. The number of sulfone groups is 1. The second-order valence-electron chi connectivity index (χ2n) is 7.91. The van der Waals surface area contributed by atoms with Gasteiger partial charge in [0.2, 0.25) is 0 Å². The Labute approximate surface area is 205 Å². The average molecular weight is 522 g/mol. The normalized spacial score (nSPS) is 18.5. The highest BCUT2D eigenvalue weighted by molar-refractivity contribution is 7.90. The number of nitriles is 1. The highest BCUT2D eigenvalue weighted by Gasteiger charge is 2.40. The fraction of sp³-hybridized carbons (Fsp3) is 0.250. The Bertz CT molecular complexity index is 1380. The summed E-state index contributed by atoms with van der Waals surface area (Å²) in [5, 5.41) is 22.8. The van der Waals surface area contributed by atoms with Crippen LogP contribution in [0.5, 0.6) is 0 Å². The number of hydrogen-bond acceptors (Lipinski definition) is 8. The van der Waals surface area contributed by atoms with Crippen LogP contribution in [0.25, 0.3) is 0 Å². The molecule has 2 unspecified atom stereocenters. The van der Waals surface area contributed by atoms with Crippen molar-refractivity contribution < 1.29 is 36.2 Å². The summed E-state index contributed by atoms with van der Waals surface area (Å²) < 4.78 is 70.1. The number of carbonyl (C=O) groups excluding carboxylic acids is 1. The Hall–Kier alpha value is -3.66. The number of esters is 1. The maximum Gasteiger partial charge on any atom is 0.416 e. The number of aliphatic hydroxyl groups is 1. The van der Waals surface area contributed by atoms with Gasteiger partial charge in [-0.1, -0.05) is 24.8 Å². The Morgan fingerprint density at radius 1 is 1.31 bits per heavy atom. The third kappa shape index (κ3) is 5.43. The van der Waals surface area contributed by atoms with Gasteiger partial charge in [-0.2, -0.15) is 18.4 Å². The highest BCUT2D eigenvalue weighted by atomic mass is 32.2. The maximum atomic E-state index is 13.3. The van der Waals surface area contributed by atoms with E-state index in [0.29, 0.717) is 0 Å². The molecular weight excluding hydrogens is 499 g/mol. The molecule has 3 rings (SSSR count). The van der Waals surface area contributed by atoms with Crippen LogP contribution in [0.1, 0.15) is 29.7 Å². The fourth-order valence-corrected chi connectivity index (χ4v) is 4.84. The number of aliphatic hydroxyl groups excluding tert-OH is 1. The number of benzene rings is 2. The molecule has 0 aliphatic carbocycles. The zero-order chi connectivity index (χ0) is 26.8. The van der Waals surface area contributed by atoms with Gasteiger partial charge in [0.1, 0.15) is 6.61 Å². The Balaban J connectivity index is 2.25. The highest BCUT2D eigenvalue weighted by Crippen LogP contribution is 2.39. The second-order valence-corrected chi connectivity index (χ2v) is 9.90. The SMILES string of the molecule is C=CCOC(=O)C1=C(C)N(c2cccc(C(F)(F)F)c2)C(O)NC1c1ccc(C#N)cc1S(C)(=O)=O. The molecule has 12 heteroatoms. The van der Waals surface area contributed by atoms with Crippen LogP contribution in [-0.2, 0) is 25.5 Å². The number of carbonyl (C=O) groups is 1. The van der Waals surface area contributed by atoms with E-state index in [4.69, 9.17) is 4.74 Å². The minimum atomic E-state index is -4.65. The van der Waals surface area contributed by atoms with E-state index < -0.39 is 39.9 Å². The van der Waals surface area contributed by atoms with E-state index in [1.165, 1.54) is 31.2 Å². The van der Waals surface area contributed by atoms with Gasteiger partial charge in [-0.3, -0.25) is 5.32 Å². The molecule has 0 saturated carbocycles. The molecule has 1 aliphatic heterocycles. The standard InChI is InChI=1S/C24H22F3N3O5S/c1-4-10-35-22(31)20-14(2)30(17-7-5-6-16(12-17)24(25,26)27)23(32)29-21(20)18-9-8-15(13-28)11-19(18)36(3,33)34/h4-9,11-12,21,23,29,32H,1,10H2,2-3H3. The summed E-state index contributed by atoms with van der Waals surface area (Å²) in [6.07, 6.45) is -4.07. The Morgan fingerprint density at radius 2 is 2.00 bits per heavy atom. The van der Waals surface area contributed by atoms with Gasteiger partial charge in [0.25, 0.3) is 0 Å². The van der Waals surface area contributed by atoms with Crippen LogP contribution < -0.4 is 10.2 Å². The first kappa shape index (κ1) is 26.9. The first-order valence-electron chi connectivity index (χ1n) is 10.4. The quantitative estimate of drug-likeness (QED) is 0.439. The summed E-state index contributed by atoms with van der Waals surface area (Å²) in [6, 6.07) is 8.57. The summed E-state index contributed by atoms with van der Waals surface area (Å²) in [7, 11) is -3.91. The van der Waals surface area contributed by atoms with Crippen molar-refractivity contribution in [3.63, 3.8) is 0 Å². The van der Waals surface area contributed by atoms with Crippen LogP contribution >= 0.6 is 0 Å². The van der Waals surface area contributed by atoms with Crippen LogP contribution in [0, 0.1) is 11.3 Å². The van der Waals surface area contributed by atoms with Crippen LogP contribution in [0.3, 0.4) is 0 Å². The molecular formula is C24H22F3N3O5S. The largest absolute Gasteiger partial charge is 0.458 e. The van der Waals surface area contributed by atoms with E-state index in [9.17, 15) is 36.8 Å². The number of halogens is 3. The van der Waals surface area contributed by atoms with Gasteiger partial charge in [0.15, 0.2) is 16.2 Å². The van der Waals surface area contributed by atoms with Crippen LogP contribution in [0.4, 0.5) is 18.9 Å². The Morgan fingerprint density at radius 3 is 2.58 bits per heavy atom. The molecule has 1 heterocycles. The number of rotatable bonds is 6. The fourth-order valence-electron chi connectivity index (χ4n) is 3.88. The molecule has 2 aromatic carbocycles. The smallest absolute Gasteiger partial charge is 0.416 e. The van der Waals surface area contributed by atoms with Crippen molar-refractivity contribution in [1.29, 1.82) is 5.26 Å². The van der Waals surface area contributed by atoms with Gasteiger partial charge < -0.3 is 14.7 Å². The molecule has 190 valence electrons. The zero-order valence-electron chi connectivity index (χ0n) is 19.2. The summed E-state index contributed by atoms with van der Waals surface area (Å²) >= 11 is 0. The van der Waals surface area contributed by atoms with Crippen molar-refractivity contribution in [1.82, 2.24) is 5.32 Å². The molecule has 8 nitrogen and oxygen atoms in total. The molecule has 0 aromatic heterocycles. The predicted octanol–water partition coefficient (Wildman–Crippen LogP) is 3.41. The van der Waals surface area contributed by atoms with Gasteiger partial charge >= 0.3 is 12.1 Å². The molecule has 0 fully saturated rings. The molecule has 1 aliphatic rings. The van der Waals surface area contributed by atoms with Crippen molar-refractivity contribution in [2.24, 2.45) is 0 Å². The van der Waals surface area contributed by atoms with Gasteiger partial charge in [0, 0.05) is 17.6 Å². The molecule has 36 heavy (non-hydrogen) atoms. The van der Waals surface area contributed by atoms with E-state index >= 15 is 0 Å². The average Bonchev–Trinajstić information content (AvgIpc) is 2.81. The molecule has 0 bridgehead atoms. The van der Waals surface area contributed by atoms with Crippen molar-refractivity contribution in [3.05, 3.63) is 83.1 Å². The van der Waals surface area contributed by atoms with E-state index in [2.05, 4.69) is 11.9 Å². The lowest BCUT2D eigenvalue weighted by Crippen LogP contribution is -2.52. The molecule has 0 spiro atoms. The second kappa shape index (κ2) is 10.1. The van der Waals surface area contributed by atoms with Crippen molar-refractivity contribution in [3.8, 4) is 6.07 Å². The van der Waals surface area contributed by atoms with Crippen LogP contribution in [0.15, 0.2) is 71.3 Å². The molecule has 2 aromatic rings. The molecule has 2 N–H and O–H groups in total. The van der Waals surface area contributed by atoms with Crippen LogP contribution in [-0.4, -0.2) is 38.7 Å². The van der Waals surface area contributed by atoms with Crippen molar-refractivity contribution in [2.75, 3.05) is 17.8 Å². The lowest BCUT2D eigenvalue weighted by Gasteiger charge is -2.41. The number of anilines is 1.